The first-order valence-electron chi connectivity index (χ1n) is 7.30. The van der Waals surface area contributed by atoms with Crippen molar-refractivity contribution >= 4 is 5.91 Å². The molecular weight excluding hydrogens is 266 g/mol. The molecule has 0 saturated carbocycles. The molecule has 1 atom stereocenters. The van der Waals surface area contributed by atoms with Crippen LogP contribution in [0.5, 0.6) is 5.75 Å². The Bertz CT molecular complexity index is 619. The fourth-order valence-electron chi connectivity index (χ4n) is 2.61. The molecule has 2 heterocycles. The highest BCUT2D eigenvalue weighted by Crippen LogP contribution is 2.15. The molecule has 0 saturated heterocycles. The summed E-state index contributed by atoms with van der Waals surface area (Å²) in [6.07, 6.45) is 5.52. The lowest BCUT2D eigenvalue weighted by Crippen LogP contribution is -2.40. The third kappa shape index (κ3) is 3.07. The third-order valence-electron chi connectivity index (χ3n) is 3.71. The summed E-state index contributed by atoms with van der Waals surface area (Å²) in [5.41, 5.74) is 0.660. The van der Waals surface area contributed by atoms with Crippen LogP contribution < -0.4 is 10.1 Å². The van der Waals surface area contributed by atoms with Crippen molar-refractivity contribution in [1.29, 1.82) is 0 Å². The van der Waals surface area contributed by atoms with Crippen LogP contribution in [-0.4, -0.2) is 28.1 Å². The van der Waals surface area contributed by atoms with Gasteiger partial charge in [-0.05, 0) is 37.6 Å². The fourth-order valence-corrected chi connectivity index (χ4v) is 2.61. The molecule has 0 fully saturated rings. The number of carbonyl (C=O) groups excluding carboxylic acids is 1. The molecule has 2 aromatic rings. The first-order valence-corrected chi connectivity index (χ1v) is 7.30. The quantitative estimate of drug-likeness (QED) is 0.935. The summed E-state index contributed by atoms with van der Waals surface area (Å²) in [6, 6.07) is 7.39. The van der Waals surface area contributed by atoms with E-state index in [1.807, 2.05) is 31.5 Å². The Hall–Kier alpha value is -2.30. The van der Waals surface area contributed by atoms with Crippen LogP contribution in [0.4, 0.5) is 0 Å². The van der Waals surface area contributed by atoms with Gasteiger partial charge in [0.2, 0.25) is 0 Å². The van der Waals surface area contributed by atoms with Gasteiger partial charge in [0.1, 0.15) is 11.6 Å². The topological polar surface area (TPSA) is 56.1 Å². The highest BCUT2D eigenvalue weighted by atomic mass is 16.5. The van der Waals surface area contributed by atoms with Gasteiger partial charge in [-0.2, -0.15) is 0 Å². The molecule has 1 aromatic carbocycles. The lowest BCUT2D eigenvalue weighted by Gasteiger charge is -2.24. The second-order valence-electron chi connectivity index (χ2n) is 5.16. The van der Waals surface area contributed by atoms with Crippen LogP contribution in [0.15, 0.2) is 36.7 Å². The fraction of sp³-hybridized carbons (Fsp3) is 0.375. The maximum atomic E-state index is 12.3. The Kier molecular flexibility index (Phi) is 3.90. The number of aryl methyl sites for hydroxylation is 1. The first-order chi connectivity index (χ1) is 10.3. The van der Waals surface area contributed by atoms with Gasteiger partial charge in [0.25, 0.3) is 5.91 Å². The van der Waals surface area contributed by atoms with Crippen LogP contribution in [-0.2, 0) is 13.0 Å². The molecule has 1 unspecified atom stereocenters. The molecular formula is C16H19N3O2. The minimum atomic E-state index is -0.0388. The Morgan fingerprint density at radius 1 is 1.43 bits per heavy atom. The van der Waals surface area contributed by atoms with Gasteiger partial charge in [-0.3, -0.25) is 4.79 Å². The number of imidazole rings is 1. The molecule has 110 valence electrons. The van der Waals surface area contributed by atoms with E-state index < -0.39 is 0 Å². The summed E-state index contributed by atoms with van der Waals surface area (Å²) >= 11 is 0. The van der Waals surface area contributed by atoms with Gasteiger partial charge in [-0.15, -0.1) is 0 Å². The number of nitrogens with zero attached hydrogens (tertiary/aromatic N) is 2. The van der Waals surface area contributed by atoms with Crippen LogP contribution in [0.3, 0.4) is 0 Å². The van der Waals surface area contributed by atoms with E-state index in [-0.39, 0.29) is 11.9 Å². The lowest BCUT2D eigenvalue weighted by molar-refractivity contribution is 0.0930. The molecule has 3 rings (SSSR count). The highest BCUT2D eigenvalue weighted by molar-refractivity contribution is 5.94. The molecule has 0 radical (unpaired) electrons. The van der Waals surface area contributed by atoms with Crippen LogP contribution in [0, 0.1) is 0 Å². The van der Waals surface area contributed by atoms with Gasteiger partial charge in [0.15, 0.2) is 0 Å². The number of hydrogen-bond acceptors (Lipinski definition) is 3. The van der Waals surface area contributed by atoms with Crippen molar-refractivity contribution in [2.75, 3.05) is 6.61 Å². The number of amides is 1. The summed E-state index contributed by atoms with van der Waals surface area (Å²) in [5.74, 6) is 1.79. The average molecular weight is 285 g/mol. The molecule has 1 aliphatic heterocycles. The van der Waals surface area contributed by atoms with Crippen LogP contribution in [0.25, 0.3) is 0 Å². The van der Waals surface area contributed by atoms with Crippen LogP contribution in [0.2, 0.25) is 0 Å². The number of benzene rings is 1. The Morgan fingerprint density at radius 2 is 2.24 bits per heavy atom. The van der Waals surface area contributed by atoms with Gasteiger partial charge < -0.3 is 14.6 Å². The summed E-state index contributed by atoms with van der Waals surface area (Å²) in [4.78, 5) is 16.6. The zero-order valence-electron chi connectivity index (χ0n) is 12.1. The number of carbonyl (C=O) groups is 1. The summed E-state index contributed by atoms with van der Waals surface area (Å²) < 4.78 is 7.52. The van der Waals surface area contributed by atoms with Crippen molar-refractivity contribution in [1.82, 2.24) is 14.9 Å². The molecule has 1 aromatic heterocycles. The Morgan fingerprint density at radius 3 is 3.00 bits per heavy atom. The standard InChI is InChI=1S/C16H19N3O2/c1-2-21-14-5-3-12(4-6-14)16(20)18-13-7-9-19-10-8-17-15(19)11-13/h3-6,8,10,13H,2,7,9,11H2,1H3,(H,18,20). The Labute approximate surface area is 124 Å². The van der Waals surface area contributed by atoms with Crippen molar-refractivity contribution in [3.05, 3.63) is 48.0 Å². The van der Waals surface area contributed by atoms with E-state index in [2.05, 4.69) is 14.9 Å². The first kappa shape index (κ1) is 13.7. The number of hydrogen-bond donors (Lipinski definition) is 1. The summed E-state index contributed by atoms with van der Waals surface area (Å²) in [5, 5.41) is 3.08. The number of nitrogens with one attached hydrogen (secondary N) is 1. The van der Waals surface area contributed by atoms with Crippen molar-refractivity contribution in [2.45, 2.75) is 32.4 Å². The van der Waals surface area contributed by atoms with Gasteiger partial charge in [-0.1, -0.05) is 0 Å². The normalized spacial score (nSPS) is 17.1. The minimum Gasteiger partial charge on any atom is -0.494 e. The van der Waals surface area contributed by atoms with Crippen molar-refractivity contribution in [3.8, 4) is 5.75 Å². The number of aromatic nitrogens is 2. The molecule has 1 aliphatic rings. The van der Waals surface area contributed by atoms with Gasteiger partial charge in [0.05, 0.1) is 6.61 Å². The zero-order valence-corrected chi connectivity index (χ0v) is 12.1. The van der Waals surface area contributed by atoms with Gasteiger partial charge >= 0.3 is 0 Å². The van der Waals surface area contributed by atoms with E-state index in [4.69, 9.17) is 4.74 Å². The number of fused-ring (bicyclic) bond motifs is 1. The van der Waals surface area contributed by atoms with Crippen molar-refractivity contribution < 1.29 is 9.53 Å². The molecule has 1 N–H and O–H groups in total. The second kappa shape index (κ2) is 5.99. The van der Waals surface area contributed by atoms with Crippen molar-refractivity contribution in [2.24, 2.45) is 0 Å². The predicted octanol–water partition coefficient (Wildman–Crippen LogP) is 2.03. The minimum absolute atomic E-state index is 0.0388. The van der Waals surface area contributed by atoms with Crippen molar-refractivity contribution in [3.63, 3.8) is 0 Å². The van der Waals surface area contributed by atoms with Gasteiger partial charge in [0, 0.05) is 37.0 Å². The zero-order chi connectivity index (χ0) is 14.7. The molecule has 0 bridgehead atoms. The van der Waals surface area contributed by atoms with E-state index >= 15 is 0 Å². The largest absolute Gasteiger partial charge is 0.494 e. The smallest absolute Gasteiger partial charge is 0.251 e. The summed E-state index contributed by atoms with van der Waals surface area (Å²) in [6.45, 7) is 3.47. The molecule has 5 nitrogen and oxygen atoms in total. The maximum Gasteiger partial charge on any atom is 0.251 e. The third-order valence-corrected chi connectivity index (χ3v) is 3.71. The SMILES string of the molecule is CCOc1ccc(C(=O)NC2CCn3ccnc3C2)cc1. The van der Waals surface area contributed by atoms with E-state index in [9.17, 15) is 4.79 Å². The van der Waals surface area contributed by atoms with E-state index in [1.165, 1.54) is 0 Å². The molecule has 1 amide bonds. The second-order valence-corrected chi connectivity index (χ2v) is 5.16. The highest BCUT2D eigenvalue weighted by Gasteiger charge is 2.21. The van der Waals surface area contributed by atoms with E-state index in [0.29, 0.717) is 12.2 Å². The Balaban J connectivity index is 1.61. The predicted molar refractivity (Wildman–Crippen MR) is 79.4 cm³/mol. The van der Waals surface area contributed by atoms with E-state index in [0.717, 1.165) is 31.0 Å². The number of ether oxygens (including phenoxy) is 1. The maximum absolute atomic E-state index is 12.3. The summed E-state index contributed by atoms with van der Waals surface area (Å²) in [7, 11) is 0. The molecule has 5 heteroatoms. The van der Waals surface area contributed by atoms with Gasteiger partial charge in [-0.25, -0.2) is 4.98 Å². The van der Waals surface area contributed by atoms with Crippen LogP contribution >= 0.6 is 0 Å². The van der Waals surface area contributed by atoms with E-state index in [1.54, 1.807) is 12.1 Å². The average Bonchev–Trinajstić information content (AvgIpc) is 2.96. The number of rotatable bonds is 4. The van der Waals surface area contributed by atoms with Crippen LogP contribution in [0.1, 0.15) is 29.5 Å². The molecule has 0 spiro atoms. The lowest BCUT2D eigenvalue weighted by atomic mass is 10.1. The monoisotopic (exact) mass is 285 g/mol. The molecule has 0 aliphatic carbocycles. The molecule has 21 heavy (non-hydrogen) atoms.